The van der Waals surface area contributed by atoms with Crippen molar-refractivity contribution in [2.75, 3.05) is 12.4 Å². The van der Waals surface area contributed by atoms with Crippen molar-refractivity contribution in [3.05, 3.63) is 142 Å². The number of aromatic nitrogens is 3. The Morgan fingerprint density at radius 1 is 0.887 bits per heavy atom. The minimum atomic E-state index is -0.818. The minimum Gasteiger partial charge on any atom is -0.497 e. The number of anilines is 1. The number of amides is 1. The van der Waals surface area contributed by atoms with Crippen LogP contribution in [0.15, 0.2) is 108 Å². The number of esters is 1. The zero-order chi connectivity index (χ0) is 38.2. The lowest BCUT2D eigenvalue weighted by molar-refractivity contribution is -0.150. The van der Waals surface area contributed by atoms with Crippen molar-refractivity contribution in [3.8, 4) is 22.9 Å². The number of ether oxygens (including phenoxy) is 3. The molecule has 6 aromatic rings. The summed E-state index contributed by atoms with van der Waals surface area (Å²) in [7, 11) is 1.55. The molecule has 11 nitrogen and oxygen atoms in total. The minimum absolute atomic E-state index is 0.0683. The summed E-state index contributed by atoms with van der Waals surface area (Å²) in [5, 5.41) is 3.28. The molecular formula is C41H42FN5O6. The van der Waals surface area contributed by atoms with E-state index in [0.29, 0.717) is 33.8 Å². The molecule has 274 valence electrons. The molecule has 3 N–H and O–H groups in total. The van der Waals surface area contributed by atoms with Crippen molar-refractivity contribution in [3.63, 3.8) is 0 Å². The average molecular weight is 720 g/mol. The van der Waals surface area contributed by atoms with Crippen LogP contribution < -0.4 is 26.1 Å². The van der Waals surface area contributed by atoms with Gasteiger partial charge < -0.3 is 25.3 Å². The van der Waals surface area contributed by atoms with Crippen LogP contribution in [0.4, 0.5) is 10.1 Å². The Morgan fingerprint density at radius 3 is 2.19 bits per heavy atom. The molecule has 0 saturated heterocycles. The average Bonchev–Trinajstić information content (AvgIpc) is 3.38. The van der Waals surface area contributed by atoms with E-state index in [2.05, 4.69) is 48.4 Å². The van der Waals surface area contributed by atoms with Crippen LogP contribution in [0.5, 0.6) is 17.2 Å². The van der Waals surface area contributed by atoms with Crippen LogP contribution in [0.3, 0.4) is 0 Å². The molecule has 12 heteroatoms. The van der Waals surface area contributed by atoms with E-state index in [1.54, 1.807) is 86.4 Å². The highest BCUT2D eigenvalue weighted by Crippen LogP contribution is 2.33. The summed E-state index contributed by atoms with van der Waals surface area (Å²) in [6.07, 6.45) is 0.880. The number of rotatable bonds is 10. The molecule has 0 saturated carbocycles. The van der Waals surface area contributed by atoms with Crippen LogP contribution in [0.25, 0.3) is 16.6 Å². The van der Waals surface area contributed by atoms with Gasteiger partial charge in [0.05, 0.1) is 30.6 Å². The first-order valence-electron chi connectivity index (χ1n) is 16.9. The number of hydrogen-bond donors (Lipinski definition) is 2. The summed E-state index contributed by atoms with van der Waals surface area (Å²) in [4.78, 5) is 43.5. The normalized spacial score (nSPS) is 11.9. The fourth-order valence-electron chi connectivity index (χ4n) is 5.47. The first-order chi connectivity index (χ1) is 25.4. The lowest BCUT2D eigenvalue weighted by Gasteiger charge is -2.19. The summed E-state index contributed by atoms with van der Waals surface area (Å²) in [5.41, 5.74) is 9.10. The van der Waals surface area contributed by atoms with Crippen LogP contribution >= 0.6 is 0 Å². The Morgan fingerprint density at radius 2 is 1.57 bits per heavy atom. The SMILES string of the molecule is COc1ccc2c(Oc3ccc(NC(=O)c4c(C)n(C[C@H](C)OC(=O)[C@H](C)N)n(-c5ccccc5)c4=O)cc3F)ccnc2c1.Cc1ccc(C)cc1. The highest BCUT2D eigenvalue weighted by molar-refractivity contribution is 6.05. The van der Waals surface area contributed by atoms with Gasteiger partial charge in [-0.3, -0.25) is 24.0 Å². The number of carbonyl (C=O) groups is 2. The standard InChI is InChI=1S/C33H32FN5O6.C8H10/c1-19(44-33(42)20(2)35)18-38-21(3)30(32(41)39(38)23-8-6-5-7-9-23)31(40)37-22-10-13-29(26(34)16-22)45-28-14-15-36-27-17-24(43-4)11-12-25(27)28;1-7-3-5-8(2)6-4-7/h5-17,19-20H,18,35H2,1-4H3,(H,37,40);3-6H,1-2H3/t19-,20-;/m0./s1. The van der Waals surface area contributed by atoms with Gasteiger partial charge in [-0.2, -0.15) is 0 Å². The summed E-state index contributed by atoms with van der Waals surface area (Å²) in [6.45, 7) is 9.05. The van der Waals surface area contributed by atoms with Crippen molar-refractivity contribution < 1.29 is 28.2 Å². The van der Waals surface area contributed by atoms with E-state index in [0.717, 1.165) is 6.07 Å². The number of benzene rings is 4. The number of aryl methyl sites for hydroxylation is 2. The Labute approximate surface area is 306 Å². The van der Waals surface area contributed by atoms with Crippen molar-refractivity contribution in [2.45, 2.75) is 53.3 Å². The van der Waals surface area contributed by atoms with E-state index in [4.69, 9.17) is 19.9 Å². The van der Waals surface area contributed by atoms with E-state index in [-0.39, 0.29) is 23.5 Å². The van der Waals surface area contributed by atoms with Crippen molar-refractivity contribution >= 4 is 28.5 Å². The van der Waals surface area contributed by atoms with Gasteiger partial charge in [0.15, 0.2) is 11.6 Å². The second-order valence-electron chi connectivity index (χ2n) is 12.6. The zero-order valence-corrected chi connectivity index (χ0v) is 30.4. The molecule has 0 radical (unpaired) electrons. The van der Waals surface area contributed by atoms with Gasteiger partial charge in [-0.25, -0.2) is 9.07 Å². The summed E-state index contributed by atoms with van der Waals surface area (Å²) in [5.74, 6) is -1.11. The zero-order valence-electron chi connectivity index (χ0n) is 30.4. The number of halogens is 1. The number of nitrogens with zero attached hydrogens (tertiary/aromatic N) is 3. The van der Waals surface area contributed by atoms with Crippen LogP contribution in [0.1, 0.15) is 41.0 Å². The monoisotopic (exact) mass is 719 g/mol. The van der Waals surface area contributed by atoms with Gasteiger partial charge in [-0.1, -0.05) is 53.6 Å². The fraction of sp³-hybridized carbons (Fsp3) is 0.220. The number of methoxy groups -OCH3 is 1. The Kier molecular flexibility index (Phi) is 12.1. The number of nitrogens with one attached hydrogen (secondary N) is 1. The predicted molar refractivity (Wildman–Crippen MR) is 203 cm³/mol. The summed E-state index contributed by atoms with van der Waals surface area (Å²) in [6, 6.07) is 27.2. The van der Waals surface area contributed by atoms with E-state index in [1.807, 2.05) is 0 Å². The Hall–Kier alpha value is -6.27. The number of fused-ring (bicyclic) bond motifs is 1. The molecule has 0 aliphatic carbocycles. The fourth-order valence-corrected chi connectivity index (χ4v) is 5.47. The van der Waals surface area contributed by atoms with Crippen molar-refractivity contribution in [2.24, 2.45) is 5.73 Å². The van der Waals surface area contributed by atoms with Gasteiger partial charge in [0, 0.05) is 29.4 Å². The highest BCUT2D eigenvalue weighted by Gasteiger charge is 2.26. The van der Waals surface area contributed by atoms with Crippen LogP contribution in [0, 0.1) is 26.6 Å². The molecule has 6 rings (SSSR count). The second kappa shape index (κ2) is 16.8. The van der Waals surface area contributed by atoms with Crippen LogP contribution in [-0.2, 0) is 16.1 Å². The van der Waals surface area contributed by atoms with Crippen LogP contribution in [-0.4, -0.2) is 45.5 Å². The van der Waals surface area contributed by atoms with E-state index >= 15 is 4.39 Å². The molecule has 0 spiro atoms. The Balaban J connectivity index is 0.000000599. The first kappa shape index (κ1) is 38.0. The van der Waals surface area contributed by atoms with Crippen molar-refractivity contribution in [1.82, 2.24) is 14.3 Å². The lowest BCUT2D eigenvalue weighted by Crippen LogP contribution is -2.34. The third kappa shape index (κ3) is 9.16. The van der Waals surface area contributed by atoms with E-state index < -0.39 is 35.4 Å². The van der Waals surface area contributed by atoms with E-state index in [1.165, 1.54) is 34.9 Å². The third-order valence-electron chi connectivity index (χ3n) is 8.28. The number of nitrogens with two attached hydrogens (primary N) is 1. The quantitative estimate of drug-likeness (QED) is 0.141. The number of para-hydroxylation sites is 1. The Bertz CT molecular complexity index is 2260. The molecule has 0 bridgehead atoms. The summed E-state index contributed by atoms with van der Waals surface area (Å²) < 4.78 is 34.6. The van der Waals surface area contributed by atoms with Gasteiger partial charge >= 0.3 is 5.97 Å². The smallest absolute Gasteiger partial charge is 0.322 e. The molecule has 2 atom stereocenters. The largest absolute Gasteiger partial charge is 0.497 e. The predicted octanol–water partition coefficient (Wildman–Crippen LogP) is 7.27. The molecule has 0 aliphatic rings. The number of pyridine rings is 1. The maximum absolute atomic E-state index is 15.2. The molecular weight excluding hydrogens is 677 g/mol. The first-order valence-corrected chi connectivity index (χ1v) is 16.9. The maximum atomic E-state index is 15.2. The molecule has 0 unspecified atom stereocenters. The van der Waals surface area contributed by atoms with Gasteiger partial charge in [-0.15, -0.1) is 0 Å². The van der Waals surface area contributed by atoms with Crippen molar-refractivity contribution in [1.29, 1.82) is 0 Å². The lowest BCUT2D eigenvalue weighted by atomic mass is 10.2. The topological polar surface area (TPSA) is 140 Å². The maximum Gasteiger partial charge on any atom is 0.322 e. The molecule has 4 aromatic carbocycles. The third-order valence-corrected chi connectivity index (χ3v) is 8.28. The second-order valence-corrected chi connectivity index (χ2v) is 12.6. The molecule has 0 aliphatic heterocycles. The van der Waals surface area contributed by atoms with Gasteiger partial charge in [0.1, 0.15) is 29.2 Å². The number of carbonyl (C=O) groups excluding carboxylic acids is 2. The highest BCUT2D eigenvalue weighted by atomic mass is 19.1. The van der Waals surface area contributed by atoms with E-state index in [9.17, 15) is 14.4 Å². The molecule has 2 heterocycles. The summed E-state index contributed by atoms with van der Waals surface area (Å²) >= 11 is 0. The molecule has 53 heavy (non-hydrogen) atoms. The molecule has 0 fully saturated rings. The molecule has 2 aromatic heterocycles. The molecule has 1 amide bonds. The van der Waals surface area contributed by atoms with Gasteiger partial charge in [-0.05, 0) is 77.1 Å². The van der Waals surface area contributed by atoms with Gasteiger partial charge in [0.2, 0.25) is 0 Å². The number of hydrogen-bond acceptors (Lipinski definition) is 8. The van der Waals surface area contributed by atoms with Crippen LogP contribution in [0.2, 0.25) is 0 Å². The van der Waals surface area contributed by atoms with Gasteiger partial charge in [0.25, 0.3) is 11.5 Å².